The second-order valence-electron chi connectivity index (χ2n) is 5.61. The van der Waals surface area contributed by atoms with Crippen molar-refractivity contribution < 1.29 is 0 Å². The molecule has 0 aliphatic carbocycles. The summed E-state index contributed by atoms with van der Waals surface area (Å²) >= 11 is 0. The topological polar surface area (TPSA) is 95.2 Å². The van der Waals surface area contributed by atoms with E-state index >= 15 is 0 Å². The maximum atomic E-state index is 5.42. The molecule has 3 heterocycles. The van der Waals surface area contributed by atoms with Gasteiger partial charge >= 0.3 is 0 Å². The number of nitrogen functional groups attached to an aromatic ring is 1. The molecule has 2 aliphatic heterocycles. The summed E-state index contributed by atoms with van der Waals surface area (Å²) in [5.74, 6) is 6.99. The van der Waals surface area contributed by atoms with Crippen LogP contribution in [0.5, 0.6) is 0 Å². The highest BCUT2D eigenvalue weighted by Crippen LogP contribution is 2.29. The van der Waals surface area contributed by atoms with Gasteiger partial charge in [0, 0.05) is 32.7 Å². The SMILES string of the molecule is CN(C)c1nc(NN)nc(NC2CCN3CCCC23)n1. The Kier molecular flexibility index (Phi) is 3.58. The second kappa shape index (κ2) is 5.37. The highest BCUT2D eigenvalue weighted by atomic mass is 15.4. The monoisotopic (exact) mass is 278 g/mol. The lowest BCUT2D eigenvalue weighted by Crippen LogP contribution is -2.34. The number of hydrogen-bond donors (Lipinski definition) is 3. The van der Waals surface area contributed by atoms with E-state index in [2.05, 4.69) is 30.6 Å². The van der Waals surface area contributed by atoms with E-state index in [1.54, 1.807) is 0 Å². The third-order valence-corrected chi connectivity index (χ3v) is 4.07. The third-order valence-electron chi connectivity index (χ3n) is 4.07. The first-order valence-corrected chi connectivity index (χ1v) is 7.08. The van der Waals surface area contributed by atoms with E-state index in [-0.39, 0.29) is 0 Å². The lowest BCUT2D eigenvalue weighted by atomic mass is 10.1. The van der Waals surface area contributed by atoms with Crippen LogP contribution in [0.25, 0.3) is 0 Å². The van der Waals surface area contributed by atoms with Crippen LogP contribution in [0.15, 0.2) is 0 Å². The molecule has 0 spiro atoms. The van der Waals surface area contributed by atoms with Crippen molar-refractivity contribution >= 4 is 17.8 Å². The quantitative estimate of drug-likeness (QED) is 0.518. The van der Waals surface area contributed by atoms with Crippen LogP contribution < -0.4 is 21.5 Å². The van der Waals surface area contributed by atoms with Gasteiger partial charge in [0.1, 0.15) is 0 Å². The Bertz CT molecular complexity index is 477. The van der Waals surface area contributed by atoms with Crippen LogP contribution in [-0.2, 0) is 0 Å². The molecule has 2 aliphatic rings. The predicted molar refractivity (Wildman–Crippen MR) is 78.6 cm³/mol. The van der Waals surface area contributed by atoms with Gasteiger partial charge in [-0.25, -0.2) is 5.84 Å². The fraction of sp³-hybridized carbons (Fsp3) is 0.750. The summed E-state index contributed by atoms with van der Waals surface area (Å²) in [4.78, 5) is 17.3. The van der Waals surface area contributed by atoms with Gasteiger partial charge in [-0.15, -0.1) is 0 Å². The van der Waals surface area contributed by atoms with E-state index < -0.39 is 0 Å². The maximum Gasteiger partial charge on any atom is 0.243 e. The molecule has 110 valence electrons. The molecule has 2 fully saturated rings. The van der Waals surface area contributed by atoms with Gasteiger partial charge in [-0.3, -0.25) is 10.3 Å². The number of nitrogens with zero attached hydrogens (tertiary/aromatic N) is 5. The van der Waals surface area contributed by atoms with Crippen molar-refractivity contribution in [3.63, 3.8) is 0 Å². The minimum atomic E-state index is 0.382. The Hall–Kier alpha value is -1.67. The molecule has 1 aromatic heterocycles. The number of fused-ring (bicyclic) bond motifs is 1. The van der Waals surface area contributed by atoms with Gasteiger partial charge in [0.2, 0.25) is 17.8 Å². The zero-order valence-electron chi connectivity index (χ0n) is 12.0. The van der Waals surface area contributed by atoms with E-state index in [1.807, 2.05) is 19.0 Å². The molecule has 8 nitrogen and oxygen atoms in total. The maximum absolute atomic E-state index is 5.42. The van der Waals surface area contributed by atoms with Gasteiger partial charge in [-0.1, -0.05) is 0 Å². The number of aromatic nitrogens is 3. The molecule has 0 radical (unpaired) electrons. The van der Waals surface area contributed by atoms with Crippen molar-refractivity contribution in [3.05, 3.63) is 0 Å². The zero-order chi connectivity index (χ0) is 14.1. The largest absolute Gasteiger partial charge is 0.350 e. The summed E-state index contributed by atoms with van der Waals surface area (Å²) in [7, 11) is 3.79. The van der Waals surface area contributed by atoms with E-state index in [4.69, 9.17) is 5.84 Å². The van der Waals surface area contributed by atoms with Gasteiger partial charge in [0.25, 0.3) is 0 Å². The molecule has 2 saturated heterocycles. The van der Waals surface area contributed by atoms with Crippen molar-refractivity contribution in [3.8, 4) is 0 Å². The first-order chi connectivity index (χ1) is 9.67. The number of nitrogens with two attached hydrogens (primary N) is 1. The number of nitrogens with one attached hydrogen (secondary N) is 2. The Morgan fingerprint density at radius 1 is 1.15 bits per heavy atom. The molecule has 0 saturated carbocycles. The molecule has 1 aromatic rings. The minimum absolute atomic E-state index is 0.382. The molecule has 4 N–H and O–H groups in total. The Labute approximate surface area is 118 Å². The Balaban J connectivity index is 1.78. The smallest absolute Gasteiger partial charge is 0.243 e. The first-order valence-electron chi connectivity index (χ1n) is 7.08. The van der Waals surface area contributed by atoms with Crippen LogP contribution in [-0.4, -0.2) is 59.1 Å². The molecule has 0 amide bonds. The van der Waals surface area contributed by atoms with Crippen LogP contribution in [0.2, 0.25) is 0 Å². The van der Waals surface area contributed by atoms with E-state index in [0.29, 0.717) is 29.9 Å². The molecule has 3 rings (SSSR count). The van der Waals surface area contributed by atoms with Crippen molar-refractivity contribution in [2.45, 2.75) is 31.3 Å². The minimum Gasteiger partial charge on any atom is -0.350 e. The summed E-state index contributed by atoms with van der Waals surface area (Å²) in [6.45, 7) is 2.38. The lowest BCUT2D eigenvalue weighted by molar-refractivity contribution is 0.318. The van der Waals surface area contributed by atoms with Gasteiger partial charge in [-0.2, -0.15) is 15.0 Å². The van der Waals surface area contributed by atoms with Gasteiger partial charge in [0.15, 0.2) is 0 Å². The summed E-state index contributed by atoms with van der Waals surface area (Å²) in [5, 5.41) is 3.46. The molecular weight excluding hydrogens is 256 g/mol. The average Bonchev–Trinajstić information content (AvgIpc) is 3.03. The van der Waals surface area contributed by atoms with E-state index in [1.165, 1.54) is 19.4 Å². The molecule has 20 heavy (non-hydrogen) atoms. The summed E-state index contributed by atoms with van der Waals surface area (Å²) in [5.41, 5.74) is 2.49. The van der Waals surface area contributed by atoms with Crippen molar-refractivity contribution in [1.82, 2.24) is 19.9 Å². The van der Waals surface area contributed by atoms with Gasteiger partial charge < -0.3 is 10.2 Å². The number of hydrogen-bond acceptors (Lipinski definition) is 8. The first kappa shape index (κ1) is 13.3. The fourth-order valence-corrected chi connectivity index (χ4v) is 3.11. The predicted octanol–water partition coefficient (Wildman–Crippen LogP) is -0.128. The third kappa shape index (κ3) is 2.48. The van der Waals surface area contributed by atoms with Crippen LogP contribution in [0.4, 0.5) is 17.8 Å². The molecule has 0 bridgehead atoms. The van der Waals surface area contributed by atoms with E-state index in [0.717, 1.165) is 13.0 Å². The van der Waals surface area contributed by atoms with Crippen molar-refractivity contribution in [1.29, 1.82) is 0 Å². The van der Waals surface area contributed by atoms with Gasteiger partial charge in [0.05, 0.1) is 0 Å². The van der Waals surface area contributed by atoms with Gasteiger partial charge in [-0.05, 0) is 25.8 Å². The normalized spacial score (nSPS) is 25.6. The van der Waals surface area contributed by atoms with Crippen LogP contribution in [0.3, 0.4) is 0 Å². The van der Waals surface area contributed by atoms with Crippen LogP contribution >= 0.6 is 0 Å². The van der Waals surface area contributed by atoms with Crippen molar-refractivity contribution in [2.75, 3.05) is 42.8 Å². The average molecular weight is 278 g/mol. The summed E-state index contributed by atoms with van der Waals surface area (Å²) < 4.78 is 0. The molecule has 2 atom stereocenters. The zero-order valence-corrected chi connectivity index (χ0v) is 12.0. The highest BCUT2D eigenvalue weighted by molar-refractivity contribution is 5.43. The molecule has 0 aromatic carbocycles. The lowest BCUT2D eigenvalue weighted by Gasteiger charge is -2.22. The second-order valence-corrected chi connectivity index (χ2v) is 5.61. The number of anilines is 3. The fourth-order valence-electron chi connectivity index (χ4n) is 3.11. The number of hydrazine groups is 1. The Morgan fingerprint density at radius 3 is 2.70 bits per heavy atom. The number of rotatable bonds is 4. The molecular formula is C12H22N8. The molecule has 8 heteroatoms. The highest BCUT2D eigenvalue weighted by Gasteiger charge is 2.37. The summed E-state index contributed by atoms with van der Waals surface area (Å²) in [6, 6.07) is 1.03. The molecule has 2 unspecified atom stereocenters. The van der Waals surface area contributed by atoms with Crippen LogP contribution in [0, 0.1) is 0 Å². The van der Waals surface area contributed by atoms with Crippen LogP contribution in [0.1, 0.15) is 19.3 Å². The summed E-state index contributed by atoms with van der Waals surface area (Å²) in [6.07, 6.45) is 3.68. The van der Waals surface area contributed by atoms with E-state index in [9.17, 15) is 0 Å². The van der Waals surface area contributed by atoms with Crippen molar-refractivity contribution in [2.24, 2.45) is 5.84 Å². The Morgan fingerprint density at radius 2 is 1.95 bits per heavy atom. The standard InChI is InChI=1S/C12H22N8/c1-19(2)12-16-10(15-11(17-12)18-13)14-8-5-7-20-6-3-4-9(8)20/h8-9H,3-7,13H2,1-2H3,(H2,14,15,16,17,18).